The van der Waals surface area contributed by atoms with Crippen LogP contribution >= 0.6 is 0 Å². The largest absolute Gasteiger partial charge is 0.381 e. The lowest BCUT2D eigenvalue weighted by molar-refractivity contribution is 0.767. The van der Waals surface area contributed by atoms with E-state index in [2.05, 4.69) is 57.9 Å². The predicted molar refractivity (Wildman–Crippen MR) is 102 cm³/mol. The fourth-order valence-electron chi connectivity index (χ4n) is 2.97. The summed E-state index contributed by atoms with van der Waals surface area (Å²) in [5.41, 5.74) is 4.35. The minimum atomic E-state index is 0.708. The Balaban J connectivity index is 1.56. The van der Waals surface area contributed by atoms with Crippen molar-refractivity contribution in [1.29, 1.82) is 0 Å². The molecular weight excluding hydrogens is 324 g/mol. The summed E-state index contributed by atoms with van der Waals surface area (Å²) in [5, 5.41) is 16.1. The van der Waals surface area contributed by atoms with Crippen LogP contribution in [0, 0.1) is 0 Å². The number of rotatable bonds is 6. The van der Waals surface area contributed by atoms with E-state index in [1.807, 2.05) is 39.7 Å². The molecule has 6 heteroatoms. The number of aryl methyl sites for hydroxylation is 1. The number of para-hydroxylation sites is 1. The Morgan fingerprint density at radius 3 is 2.81 bits per heavy atom. The van der Waals surface area contributed by atoms with Gasteiger partial charge in [0, 0.05) is 36.7 Å². The average molecular weight is 344 g/mol. The van der Waals surface area contributed by atoms with Crippen molar-refractivity contribution >= 4 is 5.69 Å². The van der Waals surface area contributed by atoms with Gasteiger partial charge in [0.2, 0.25) is 0 Å². The van der Waals surface area contributed by atoms with Gasteiger partial charge in [0.05, 0.1) is 5.69 Å². The molecule has 0 unspecified atom stereocenters. The van der Waals surface area contributed by atoms with E-state index in [-0.39, 0.29) is 0 Å². The van der Waals surface area contributed by atoms with Gasteiger partial charge in [-0.1, -0.05) is 30.3 Å². The second-order valence-corrected chi connectivity index (χ2v) is 5.95. The molecule has 2 aromatic carbocycles. The van der Waals surface area contributed by atoms with Gasteiger partial charge < -0.3 is 9.88 Å². The van der Waals surface area contributed by atoms with Crippen molar-refractivity contribution in [2.75, 3.05) is 5.32 Å². The van der Waals surface area contributed by atoms with Crippen LogP contribution in [0.15, 0.2) is 73.3 Å². The zero-order valence-electron chi connectivity index (χ0n) is 14.6. The summed E-state index contributed by atoms with van der Waals surface area (Å²) < 4.78 is 3.92. The Hall–Kier alpha value is -3.41. The van der Waals surface area contributed by atoms with Crippen molar-refractivity contribution in [3.8, 4) is 17.1 Å². The molecule has 0 radical (unpaired) electrons. The minimum Gasteiger partial charge on any atom is -0.381 e. The van der Waals surface area contributed by atoms with Crippen LogP contribution < -0.4 is 5.32 Å². The van der Waals surface area contributed by atoms with Crippen LogP contribution in [0.2, 0.25) is 0 Å². The van der Waals surface area contributed by atoms with E-state index >= 15 is 0 Å². The van der Waals surface area contributed by atoms with Gasteiger partial charge in [0.15, 0.2) is 5.82 Å². The van der Waals surface area contributed by atoms with Crippen LogP contribution in [0.25, 0.3) is 17.1 Å². The number of hydrogen-bond donors (Lipinski definition) is 1. The van der Waals surface area contributed by atoms with Crippen LogP contribution in [0.1, 0.15) is 12.5 Å². The van der Waals surface area contributed by atoms with Crippen molar-refractivity contribution in [3.63, 3.8) is 0 Å². The first-order valence-electron chi connectivity index (χ1n) is 8.65. The molecule has 26 heavy (non-hydrogen) atoms. The molecule has 0 atom stereocenters. The van der Waals surface area contributed by atoms with Gasteiger partial charge in [-0.3, -0.25) is 0 Å². The molecule has 0 saturated heterocycles. The third-order valence-corrected chi connectivity index (χ3v) is 4.30. The summed E-state index contributed by atoms with van der Waals surface area (Å²) in [4.78, 5) is 0. The number of nitrogens with one attached hydrogen (secondary N) is 1. The minimum absolute atomic E-state index is 0.708. The Labute approximate surface area is 152 Å². The molecule has 4 aromatic rings. The van der Waals surface area contributed by atoms with Gasteiger partial charge in [0.25, 0.3) is 0 Å². The second kappa shape index (κ2) is 7.23. The molecule has 1 N–H and O–H groups in total. The maximum Gasteiger partial charge on any atom is 0.163 e. The monoisotopic (exact) mass is 344 g/mol. The van der Waals surface area contributed by atoms with E-state index in [0.29, 0.717) is 6.54 Å². The predicted octanol–water partition coefficient (Wildman–Crippen LogP) is 3.76. The third-order valence-electron chi connectivity index (χ3n) is 4.30. The third kappa shape index (κ3) is 3.21. The molecule has 0 amide bonds. The Morgan fingerprint density at radius 2 is 1.96 bits per heavy atom. The number of aromatic nitrogens is 5. The Bertz CT molecular complexity index is 987. The van der Waals surface area contributed by atoms with Gasteiger partial charge in [-0.25, -0.2) is 4.68 Å². The lowest BCUT2D eigenvalue weighted by Gasteiger charge is -2.12. The van der Waals surface area contributed by atoms with Crippen LogP contribution in [0.3, 0.4) is 0 Å². The van der Waals surface area contributed by atoms with E-state index < -0.39 is 0 Å². The molecule has 2 aromatic heterocycles. The zero-order valence-corrected chi connectivity index (χ0v) is 14.6. The molecule has 0 aliphatic rings. The molecule has 0 spiro atoms. The van der Waals surface area contributed by atoms with Crippen LogP contribution in [0.5, 0.6) is 0 Å². The lowest BCUT2D eigenvalue weighted by Crippen LogP contribution is -2.05. The van der Waals surface area contributed by atoms with E-state index in [1.54, 1.807) is 12.5 Å². The van der Waals surface area contributed by atoms with Crippen molar-refractivity contribution in [3.05, 3.63) is 78.9 Å². The van der Waals surface area contributed by atoms with Crippen molar-refractivity contribution in [2.24, 2.45) is 0 Å². The number of benzene rings is 2. The fraction of sp³-hybridized carbons (Fsp3) is 0.150. The molecule has 0 bridgehead atoms. The molecule has 4 rings (SSSR count). The van der Waals surface area contributed by atoms with Gasteiger partial charge >= 0.3 is 0 Å². The maximum atomic E-state index is 4.34. The number of nitrogens with zero attached hydrogens (tertiary/aromatic N) is 5. The summed E-state index contributed by atoms with van der Waals surface area (Å²) in [5.74, 6) is 0.882. The average Bonchev–Trinajstić information content (AvgIpc) is 3.38. The maximum absolute atomic E-state index is 4.34. The van der Waals surface area contributed by atoms with Crippen molar-refractivity contribution in [1.82, 2.24) is 24.5 Å². The molecule has 6 nitrogen and oxygen atoms in total. The molecule has 0 aliphatic heterocycles. The van der Waals surface area contributed by atoms with Crippen LogP contribution in [0.4, 0.5) is 5.69 Å². The van der Waals surface area contributed by atoms with Gasteiger partial charge in [-0.2, -0.15) is 5.10 Å². The van der Waals surface area contributed by atoms with Gasteiger partial charge in [0.1, 0.15) is 6.33 Å². The molecule has 0 aliphatic carbocycles. The van der Waals surface area contributed by atoms with Crippen molar-refractivity contribution in [2.45, 2.75) is 20.0 Å². The lowest BCUT2D eigenvalue weighted by atomic mass is 10.1. The standard InChI is InChI=1S/C20H20N6/c1-2-25-15-22-24-20(25)16-8-5-9-18(13-16)21-14-17-7-3-4-10-19(17)26-12-6-11-23-26/h3-13,15,21H,2,14H2,1H3. The fourth-order valence-corrected chi connectivity index (χ4v) is 2.97. The molecule has 0 fully saturated rings. The SMILES string of the molecule is CCn1cnnc1-c1cccc(NCc2ccccc2-n2cccn2)c1. The smallest absolute Gasteiger partial charge is 0.163 e. The van der Waals surface area contributed by atoms with E-state index in [4.69, 9.17) is 0 Å². The van der Waals surface area contributed by atoms with E-state index in [0.717, 1.165) is 29.3 Å². The molecule has 2 heterocycles. The highest BCUT2D eigenvalue weighted by molar-refractivity contribution is 5.62. The van der Waals surface area contributed by atoms with E-state index in [1.165, 1.54) is 5.56 Å². The molecular formula is C20H20N6. The quantitative estimate of drug-likeness (QED) is 0.578. The van der Waals surface area contributed by atoms with Crippen molar-refractivity contribution < 1.29 is 0 Å². The highest BCUT2D eigenvalue weighted by Gasteiger charge is 2.08. The van der Waals surface area contributed by atoms with E-state index in [9.17, 15) is 0 Å². The highest BCUT2D eigenvalue weighted by Crippen LogP contribution is 2.22. The Morgan fingerprint density at radius 1 is 1.04 bits per heavy atom. The first-order chi connectivity index (χ1) is 12.8. The molecule has 130 valence electrons. The van der Waals surface area contributed by atoms with Gasteiger partial charge in [-0.15, -0.1) is 10.2 Å². The number of hydrogen-bond acceptors (Lipinski definition) is 4. The first kappa shape index (κ1) is 16.1. The molecule has 0 saturated carbocycles. The second-order valence-electron chi connectivity index (χ2n) is 5.95. The van der Waals surface area contributed by atoms with Gasteiger partial charge in [-0.05, 0) is 36.8 Å². The van der Waals surface area contributed by atoms with Crippen LogP contribution in [-0.2, 0) is 13.1 Å². The summed E-state index contributed by atoms with van der Waals surface area (Å²) in [6, 6.07) is 18.4. The Kier molecular flexibility index (Phi) is 4.47. The summed E-state index contributed by atoms with van der Waals surface area (Å²) in [7, 11) is 0. The normalized spacial score (nSPS) is 10.8. The summed E-state index contributed by atoms with van der Waals surface area (Å²) in [6.07, 6.45) is 5.50. The first-order valence-corrected chi connectivity index (χ1v) is 8.65. The summed E-state index contributed by atoms with van der Waals surface area (Å²) in [6.45, 7) is 3.64. The topological polar surface area (TPSA) is 60.6 Å². The number of anilines is 1. The summed E-state index contributed by atoms with van der Waals surface area (Å²) >= 11 is 0. The van der Waals surface area contributed by atoms with Crippen LogP contribution in [-0.4, -0.2) is 24.5 Å². The zero-order chi connectivity index (χ0) is 17.8. The highest BCUT2D eigenvalue weighted by atomic mass is 15.3.